The first-order valence-corrected chi connectivity index (χ1v) is 12.5. The number of benzene rings is 1. The number of ether oxygens (including phenoxy) is 2. The molecule has 0 saturated carbocycles. The molecule has 6 nitrogen and oxygen atoms in total. The van der Waals surface area contributed by atoms with Crippen LogP contribution in [0.4, 0.5) is 0 Å². The fourth-order valence-corrected chi connectivity index (χ4v) is 3.52. The minimum absolute atomic E-state index is 0.293. The molecule has 2 rings (SSSR count). The lowest BCUT2D eigenvalue weighted by Gasteiger charge is -2.07. The van der Waals surface area contributed by atoms with Crippen molar-refractivity contribution in [1.29, 1.82) is 0 Å². The summed E-state index contributed by atoms with van der Waals surface area (Å²) in [6, 6.07) is 8.46. The quantitative estimate of drug-likeness (QED) is 0.244. The molecule has 0 atom stereocenters. The standard InChI is InChI=1S/C27H40N2O4/c1-2-3-18-32-19-10-11-20-33-25-21-28-27(29-22-25)24-16-14-23(15-17-24)12-8-6-4-5-7-9-13-26(30)31/h14-17,21-22H,2-13,18-20H2,1H3,(H,30,31). The zero-order valence-corrected chi connectivity index (χ0v) is 20.1. The molecule has 2 aromatic rings. The molecule has 0 aliphatic heterocycles. The molecule has 1 N–H and O–H groups in total. The Bertz CT molecular complexity index is 763. The molecule has 6 heteroatoms. The first kappa shape index (κ1) is 26.8. The van der Waals surface area contributed by atoms with Crippen LogP contribution >= 0.6 is 0 Å². The average molecular weight is 457 g/mol. The van der Waals surface area contributed by atoms with Gasteiger partial charge in [0.25, 0.3) is 0 Å². The number of aliphatic carboxylic acids is 1. The summed E-state index contributed by atoms with van der Waals surface area (Å²) >= 11 is 0. The molecule has 0 saturated heterocycles. The molecule has 0 unspecified atom stereocenters. The number of hydrogen-bond acceptors (Lipinski definition) is 5. The fourth-order valence-electron chi connectivity index (χ4n) is 3.52. The van der Waals surface area contributed by atoms with Gasteiger partial charge in [0.2, 0.25) is 0 Å². The van der Waals surface area contributed by atoms with E-state index in [4.69, 9.17) is 14.6 Å². The van der Waals surface area contributed by atoms with Crippen molar-refractivity contribution in [3.05, 3.63) is 42.2 Å². The van der Waals surface area contributed by atoms with E-state index in [1.807, 2.05) is 0 Å². The van der Waals surface area contributed by atoms with Crippen molar-refractivity contribution < 1.29 is 19.4 Å². The minimum Gasteiger partial charge on any atom is -0.490 e. The second kappa shape index (κ2) is 17.1. The summed E-state index contributed by atoms with van der Waals surface area (Å²) in [5.74, 6) is 0.715. The van der Waals surface area contributed by atoms with E-state index in [1.165, 1.54) is 24.8 Å². The minimum atomic E-state index is -0.692. The van der Waals surface area contributed by atoms with Gasteiger partial charge >= 0.3 is 5.97 Å². The third-order valence-electron chi connectivity index (χ3n) is 5.54. The van der Waals surface area contributed by atoms with Crippen LogP contribution in [0.3, 0.4) is 0 Å². The Kier molecular flexibility index (Phi) is 13.8. The molecular weight excluding hydrogens is 416 g/mol. The van der Waals surface area contributed by atoms with E-state index < -0.39 is 5.97 Å². The Morgan fingerprint density at radius 2 is 1.45 bits per heavy atom. The molecule has 182 valence electrons. The molecule has 1 aromatic heterocycles. The smallest absolute Gasteiger partial charge is 0.303 e. The van der Waals surface area contributed by atoms with E-state index in [1.54, 1.807) is 12.4 Å². The van der Waals surface area contributed by atoms with Crippen molar-refractivity contribution in [2.24, 2.45) is 0 Å². The molecule has 0 aliphatic carbocycles. The van der Waals surface area contributed by atoms with Gasteiger partial charge in [0.15, 0.2) is 11.6 Å². The molecule has 0 bridgehead atoms. The maximum atomic E-state index is 10.5. The number of unbranched alkanes of at least 4 members (excludes halogenated alkanes) is 7. The van der Waals surface area contributed by atoms with E-state index in [9.17, 15) is 4.79 Å². The van der Waals surface area contributed by atoms with Gasteiger partial charge in [0.1, 0.15) is 0 Å². The van der Waals surface area contributed by atoms with E-state index in [0.29, 0.717) is 24.6 Å². The summed E-state index contributed by atoms with van der Waals surface area (Å²) in [5.41, 5.74) is 2.33. The van der Waals surface area contributed by atoms with Gasteiger partial charge in [-0.15, -0.1) is 0 Å². The van der Waals surface area contributed by atoms with Crippen molar-refractivity contribution in [3.63, 3.8) is 0 Å². The number of carbonyl (C=O) groups is 1. The Morgan fingerprint density at radius 1 is 0.818 bits per heavy atom. The number of hydrogen-bond donors (Lipinski definition) is 1. The third-order valence-corrected chi connectivity index (χ3v) is 5.54. The lowest BCUT2D eigenvalue weighted by atomic mass is 10.0. The highest BCUT2D eigenvalue weighted by atomic mass is 16.5. The predicted molar refractivity (Wildman–Crippen MR) is 132 cm³/mol. The summed E-state index contributed by atoms with van der Waals surface area (Å²) in [5, 5.41) is 8.64. The number of carboxylic acid groups (broad SMARTS) is 1. The maximum Gasteiger partial charge on any atom is 0.303 e. The van der Waals surface area contributed by atoms with Crippen LogP contribution in [0, 0.1) is 0 Å². The van der Waals surface area contributed by atoms with Gasteiger partial charge in [-0.25, -0.2) is 9.97 Å². The van der Waals surface area contributed by atoms with Crippen molar-refractivity contribution in [1.82, 2.24) is 9.97 Å². The average Bonchev–Trinajstić information content (AvgIpc) is 2.83. The molecule has 33 heavy (non-hydrogen) atoms. The highest BCUT2D eigenvalue weighted by molar-refractivity contribution is 5.66. The van der Waals surface area contributed by atoms with Crippen LogP contribution in [0.5, 0.6) is 5.75 Å². The topological polar surface area (TPSA) is 81.5 Å². The number of aromatic nitrogens is 2. The highest BCUT2D eigenvalue weighted by Gasteiger charge is 2.03. The van der Waals surface area contributed by atoms with E-state index in [2.05, 4.69) is 41.2 Å². The van der Waals surface area contributed by atoms with Crippen molar-refractivity contribution >= 4 is 5.97 Å². The zero-order chi connectivity index (χ0) is 23.6. The van der Waals surface area contributed by atoms with Crippen LogP contribution in [0.25, 0.3) is 11.4 Å². The lowest BCUT2D eigenvalue weighted by Crippen LogP contribution is -2.02. The van der Waals surface area contributed by atoms with Gasteiger partial charge in [0.05, 0.1) is 19.0 Å². The van der Waals surface area contributed by atoms with E-state index in [-0.39, 0.29) is 0 Å². The van der Waals surface area contributed by atoms with Gasteiger partial charge in [-0.1, -0.05) is 63.3 Å². The molecule has 0 spiro atoms. The Labute approximate surface area is 198 Å². The SMILES string of the molecule is CCCCOCCCCOc1cnc(-c2ccc(CCCCCCCCC(=O)O)cc2)nc1. The largest absolute Gasteiger partial charge is 0.490 e. The Morgan fingerprint density at radius 3 is 2.15 bits per heavy atom. The van der Waals surface area contributed by atoms with E-state index >= 15 is 0 Å². The van der Waals surface area contributed by atoms with Crippen molar-refractivity contribution in [3.8, 4) is 17.1 Å². The van der Waals surface area contributed by atoms with E-state index in [0.717, 1.165) is 70.1 Å². The summed E-state index contributed by atoms with van der Waals surface area (Å²) in [6.07, 6.45) is 15.5. The van der Waals surface area contributed by atoms with Crippen LogP contribution in [-0.4, -0.2) is 40.9 Å². The highest BCUT2D eigenvalue weighted by Crippen LogP contribution is 2.19. The van der Waals surface area contributed by atoms with Crippen LogP contribution in [0.2, 0.25) is 0 Å². The second-order valence-electron chi connectivity index (χ2n) is 8.48. The van der Waals surface area contributed by atoms with Gasteiger partial charge < -0.3 is 14.6 Å². The van der Waals surface area contributed by atoms with Gasteiger partial charge in [-0.05, 0) is 44.1 Å². The number of carboxylic acids is 1. The van der Waals surface area contributed by atoms with Crippen LogP contribution in [0.1, 0.15) is 83.1 Å². The van der Waals surface area contributed by atoms with Gasteiger partial charge in [-0.3, -0.25) is 4.79 Å². The number of rotatable bonds is 19. The summed E-state index contributed by atoms with van der Waals surface area (Å²) in [6.45, 7) is 4.46. The number of nitrogens with zero attached hydrogens (tertiary/aromatic N) is 2. The van der Waals surface area contributed by atoms with Crippen LogP contribution in [0.15, 0.2) is 36.7 Å². The number of aryl methyl sites for hydroxylation is 1. The maximum absolute atomic E-state index is 10.5. The lowest BCUT2D eigenvalue weighted by molar-refractivity contribution is -0.137. The first-order chi connectivity index (χ1) is 16.2. The summed E-state index contributed by atoms with van der Waals surface area (Å²) in [4.78, 5) is 19.4. The molecule has 0 aliphatic rings. The first-order valence-electron chi connectivity index (χ1n) is 12.5. The monoisotopic (exact) mass is 456 g/mol. The molecule has 1 heterocycles. The third kappa shape index (κ3) is 12.4. The molecule has 1 aromatic carbocycles. The predicted octanol–water partition coefficient (Wildman–Crippen LogP) is 6.48. The van der Waals surface area contributed by atoms with Crippen molar-refractivity contribution in [2.45, 2.75) is 84.0 Å². The van der Waals surface area contributed by atoms with Gasteiger partial charge in [0, 0.05) is 25.2 Å². The molecule has 0 radical (unpaired) electrons. The summed E-state index contributed by atoms with van der Waals surface area (Å²) < 4.78 is 11.3. The molecule has 0 fully saturated rings. The Balaban J connectivity index is 1.60. The normalized spacial score (nSPS) is 10.9. The fraction of sp³-hybridized carbons (Fsp3) is 0.593. The van der Waals surface area contributed by atoms with Gasteiger partial charge in [-0.2, -0.15) is 0 Å². The van der Waals surface area contributed by atoms with Crippen LogP contribution in [-0.2, 0) is 16.0 Å². The zero-order valence-electron chi connectivity index (χ0n) is 20.1. The van der Waals surface area contributed by atoms with Crippen molar-refractivity contribution in [2.75, 3.05) is 19.8 Å². The second-order valence-corrected chi connectivity index (χ2v) is 8.48. The summed E-state index contributed by atoms with van der Waals surface area (Å²) in [7, 11) is 0. The Hall–Kier alpha value is -2.47. The van der Waals surface area contributed by atoms with Crippen LogP contribution < -0.4 is 4.74 Å². The molecular formula is C27H40N2O4. The molecule has 0 amide bonds.